The summed E-state index contributed by atoms with van der Waals surface area (Å²) in [5.74, 6) is 0. The van der Waals surface area contributed by atoms with Crippen LogP contribution in [-0.4, -0.2) is 31.7 Å². The van der Waals surface area contributed by atoms with Crippen LogP contribution in [0.5, 0.6) is 0 Å². The number of benzene rings is 1. The van der Waals surface area contributed by atoms with Crippen LogP contribution in [0.4, 0.5) is 21.0 Å². The van der Waals surface area contributed by atoms with E-state index in [9.17, 15) is 9.59 Å². The molecule has 0 aliphatic rings. The summed E-state index contributed by atoms with van der Waals surface area (Å²) in [6, 6.07) is 6.28. The van der Waals surface area contributed by atoms with Gasteiger partial charge in [-0.2, -0.15) is 0 Å². The lowest BCUT2D eigenvalue weighted by molar-refractivity contribution is 0.227. The second kappa shape index (κ2) is 5.50. The van der Waals surface area contributed by atoms with Gasteiger partial charge in [-0.3, -0.25) is 0 Å². The van der Waals surface area contributed by atoms with Crippen LogP contribution < -0.4 is 20.9 Å². The quantitative estimate of drug-likeness (QED) is 0.725. The molecule has 0 spiro atoms. The number of hydrogen-bond donors (Lipinski definition) is 3. The lowest BCUT2D eigenvalue weighted by Crippen LogP contribution is -2.50. The Bertz CT molecular complexity index is 518. The van der Waals surface area contributed by atoms with Gasteiger partial charge in [-0.05, 0) is 32.9 Å². The van der Waals surface area contributed by atoms with Crippen LogP contribution in [0.25, 0.3) is 0 Å². The summed E-state index contributed by atoms with van der Waals surface area (Å²) in [4.78, 5) is 23.2. The Morgan fingerprint density at radius 1 is 1.20 bits per heavy atom. The van der Waals surface area contributed by atoms with E-state index in [2.05, 4.69) is 10.6 Å². The van der Waals surface area contributed by atoms with Crippen molar-refractivity contribution in [3.63, 3.8) is 0 Å². The van der Waals surface area contributed by atoms with Gasteiger partial charge in [0.15, 0.2) is 0 Å². The van der Waals surface area contributed by atoms with Gasteiger partial charge in [-0.1, -0.05) is 6.07 Å². The van der Waals surface area contributed by atoms with E-state index in [0.29, 0.717) is 11.4 Å². The first kappa shape index (κ1) is 16.0. The molecule has 0 aromatic heterocycles. The van der Waals surface area contributed by atoms with Gasteiger partial charge in [-0.25, -0.2) is 14.1 Å². The first-order valence-corrected chi connectivity index (χ1v) is 6.36. The standard InChI is InChI=1S/C14H22N4O2/c1-14(2,3)17-13(20)16-10-7-6-8-11(9-10)18(4,5)12(15)19/h6-9H,1-5H3,(H3-,15,16,17,19,20)/p+1. The molecule has 0 heterocycles. The molecular weight excluding hydrogens is 256 g/mol. The molecule has 4 N–H and O–H groups in total. The van der Waals surface area contributed by atoms with E-state index < -0.39 is 6.03 Å². The SMILES string of the molecule is CC(C)(C)NC(=O)Nc1cccc([N+](C)(C)C(N)=O)c1. The highest BCUT2D eigenvalue weighted by Crippen LogP contribution is 2.22. The predicted molar refractivity (Wildman–Crippen MR) is 81.6 cm³/mol. The summed E-state index contributed by atoms with van der Waals surface area (Å²) in [6.07, 6.45) is 0. The van der Waals surface area contributed by atoms with E-state index in [1.165, 1.54) is 0 Å². The molecule has 0 bridgehead atoms. The van der Waals surface area contributed by atoms with Gasteiger partial charge in [0.1, 0.15) is 5.69 Å². The molecule has 1 aromatic carbocycles. The first-order chi connectivity index (χ1) is 9.02. The maximum Gasteiger partial charge on any atom is 0.418 e. The average Bonchev–Trinajstić information content (AvgIpc) is 2.26. The Morgan fingerprint density at radius 3 is 2.30 bits per heavy atom. The van der Waals surface area contributed by atoms with E-state index in [1.54, 1.807) is 38.4 Å². The average molecular weight is 279 g/mol. The molecule has 6 heteroatoms. The van der Waals surface area contributed by atoms with Crippen molar-refractivity contribution in [2.75, 3.05) is 19.4 Å². The Balaban J connectivity index is 2.90. The highest BCUT2D eigenvalue weighted by Gasteiger charge is 2.26. The fraction of sp³-hybridized carbons (Fsp3) is 0.429. The number of urea groups is 2. The maximum atomic E-state index is 11.8. The minimum absolute atomic E-state index is 0.0869. The topological polar surface area (TPSA) is 84.2 Å². The summed E-state index contributed by atoms with van der Waals surface area (Å²) >= 11 is 0. The van der Waals surface area contributed by atoms with Crippen LogP contribution in [0.15, 0.2) is 24.3 Å². The number of nitrogens with one attached hydrogen (secondary N) is 2. The van der Waals surface area contributed by atoms with Crippen molar-refractivity contribution in [2.45, 2.75) is 26.3 Å². The lowest BCUT2D eigenvalue weighted by atomic mass is 10.1. The fourth-order valence-electron chi connectivity index (χ4n) is 1.56. The largest absolute Gasteiger partial charge is 0.418 e. The predicted octanol–water partition coefficient (Wildman–Crippen LogP) is 2.25. The minimum atomic E-state index is -0.471. The number of primary amides is 1. The zero-order chi connectivity index (χ0) is 15.6. The summed E-state index contributed by atoms with van der Waals surface area (Å²) in [7, 11) is 3.38. The number of carbonyl (C=O) groups excluding carboxylic acids is 2. The third-order valence-corrected chi connectivity index (χ3v) is 2.79. The molecular formula is C14H23N4O2+. The van der Waals surface area contributed by atoms with Gasteiger partial charge in [0.05, 0.1) is 14.1 Å². The van der Waals surface area contributed by atoms with E-state index in [1.807, 2.05) is 20.8 Å². The highest BCUT2D eigenvalue weighted by molar-refractivity contribution is 5.91. The second-order valence-corrected chi connectivity index (χ2v) is 6.17. The fourth-order valence-corrected chi connectivity index (χ4v) is 1.56. The smallest absolute Gasteiger partial charge is 0.333 e. The third kappa shape index (κ3) is 4.24. The van der Waals surface area contributed by atoms with Crippen LogP contribution >= 0.6 is 0 Å². The van der Waals surface area contributed by atoms with E-state index >= 15 is 0 Å². The molecule has 0 radical (unpaired) electrons. The molecule has 4 amide bonds. The monoisotopic (exact) mass is 279 g/mol. The number of carbonyl (C=O) groups is 2. The second-order valence-electron chi connectivity index (χ2n) is 6.17. The number of nitrogens with two attached hydrogens (primary N) is 1. The van der Waals surface area contributed by atoms with Gasteiger partial charge < -0.3 is 16.4 Å². The number of hydrogen-bond acceptors (Lipinski definition) is 2. The first-order valence-electron chi connectivity index (χ1n) is 6.36. The molecule has 20 heavy (non-hydrogen) atoms. The maximum absolute atomic E-state index is 11.8. The Labute approximate surface area is 119 Å². The van der Waals surface area contributed by atoms with Crippen LogP contribution in [0.3, 0.4) is 0 Å². The van der Waals surface area contributed by atoms with Gasteiger partial charge in [0.25, 0.3) is 0 Å². The molecule has 110 valence electrons. The molecule has 0 saturated heterocycles. The number of amides is 4. The molecule has 0 atom stereocenters. The van der Waals surface area contributed by atoms with E-state index in [4.69, 9.17) is 5.73 Å². The van der Waals surface area contributed by atoms with Crippen molar-refractivity contribution in [3.05, 3.63) is 24.3 Å². The molecule has 1 aromatic rings. The molecule has 0 aliphatic heterocycles. The number of quaternary nitrogens is 1. The minimum Gasteiger partial charge on any atom is -0.333 e. The zero-order valence-corrected chi connectivity index (χ0v) is 12.7. The Kier molecular flexibility index (Phi) is 4.39. The zero-order valence-electron chi connectivity index (χ0n) is 12.7. The molecule has 0 saturated carbocycles. The van der Waals surface area contributed by atoms with Crippen molar-refractivity contribution in [1.29, 1.82) is 0 Å². The van der Waals surface area contributed by atoms with Crippen molar-refractivity contribution < 1.29 is 9.59 Å². The number of anilines is 1. The van der Waals surface area contributed by atoms with E-state index in [0.717, 1.165) is 0 Å². The number of nitrogens with zero attached hydrogens (tertiary/aromatic N) is 1. The lowest BCUT2D eigenvalue weighted by Gasteiger charge is -2.24. The molecule has 6 nitrogen and oxygen atoms in total. The van der Waals surface area contributed by atoms with E-state index in [-0.39, 0.29) is 16.1 Å². The molecule has 0 fully saturated rings. The Morgan fingerprint density at radius 2 is 1.80 bits per heavy atom. The van der Waals surface area contributed by atoms with Crippen molar-refractivity contribution >= 4 is 23.4 Å². The number of rotatable bonds is 2. The van der Waals surface area contributed by atoms with Crippen LogP contribution in [0.2, 0.25) is 0 Å². The van der Waals surface area contributed by atoms with Crippen LogP contribution in [0, 0.1) is 0 Å². The third-order valence-electron chi connectivity index (χ3n) is 2.79. The van der Waals surface area contributed by atoms with Crippen molar-refractivity contribution in [1.82, 2.24) is 9.80 Å². The van der Waals surface area contributed by atoms with Gasteiger partial charge in [0, 0.05) is 17.3 Å². The summed E-state index contributed by atoms with van der Waals surface area (Å²) < 4.78 is -0.0869. The van der Waals surface area contributed by atoms with Crippen molar-refractivity contribution in [2.24, 2.45) is 5.73 Å². The highest BCUT2D eigenvalue weighted by atomic mass is 16.2. The molecule has 0 unspecified atom stereocenters. The Hall–Kier alpha value is -2.08. The van der Waals surface area contributed by atoms with Gasteiger partial charge in [0.2, 0.25) is 0 Å². The van der Waals surface area contributed by atoms with Gasteiger partial charge >= 0.3 is 12.1 Å². The van der Waals surface area contributed by atoms with Gasteiger partial charge in [-0.15, -0.1) is 0 Å². The molecule has 0 aliphatic carbocycles. The summed E-state index contributed by atoms with van der Waals surface area (Å²) in [6.45, 7) is 5.70. The molecule has 1 rings (SSSR count). The van der Waals surface area contributed by atoms with Crippen molar-refractivity contribution in [3.8, 4) is 0 Å². The van der Waals surface area contributed by atoms with Crippen LogP contribution in [-0.2, 0) is 0 Å². The van der Waals surface area contributed by atoms with Crippen LogP contribution in [0.1, 0.15) is 20.8 Å². The summed E-state index contributed by atoms with van der Waals surface area (Å²) in [5, 5.41) is 5.54. The normalized spacial score (nSPS) is 11.8. The summed E-state index contributed by atoms with van der Waals surface area (Å²) in [5.41, 5.74) is 6.36.